The van der Waals surface area contributed by atoms with Crippen LogP contribution in [-0.2, 0) is 0 Å². The van der Waals surface area contributed by atoms with Gasteiger partial charge in [-0.25, -0.2) is 0 Å². The van der Waals surface area contributed by atoms with E-state index in [2.05, 4.69) is 72.1 Å². The molecule has 0 amide bonds. The number of benzene rings is 1. The van der Waals surface area contributed by atoms with Crippen molar-refractivity contribution < 1.29 is 0 Å². The molecule has 84 valence electrons. The average Bonchev–Trinajstić information content (AvgIpc) is 2.57. The van der Waals surface area contributed by atoms with Crippen molar-refractivity contribution in [3.05, 3.63) is 35.4 Å². The van der Waals surface area contributed by atoms with Gasteiger partial charge in [0, 0.05) is 15.6 Å². The van der Waals surface area contributed by atoms with Crippen molar-refractivity contribution in [2.24, 2.45) is 5.92 Å². The lowest BCUT2D eigenvalue weighted by Gasteiger charge is -2.47. The molecule has 0 heterocycles. The molecule has 0 aromatic heterocycles. The highest BCUT2D eigenvalue weighted by molar-refractivity contribution is 9.14. The molecule has 6 atom stereocenters. The lowest BCUT2D eigenvalue weighted by molar-refractivity contribution is 0.352. The lowest BCUT2D eigenvalue weighted by atomic mass is 9.61. The van der Waals surface area contributed by atoms with Gasteiger partial charge in [-0.2, -0.15) is 0 Å². The Bertz CT molecular complexity index is 472. The third-order valence-corrected chi connectivity index (χ3v) is 10.1. The second-order valence-electron chi connectivity index (χ2n) is 5.23. The van der Waals surface area contributed by atoms with Gasteiger partial charge in [-0.15, -0.1) is 0 Å². The summed E-state index contributed by atoms with van der Waals surface area (Å²) in [6.07, 6.45) is 1.29. The average molecular weight is 407 g/mol. The van der Waals surface area contributed by atoms with E-state index in [0.29, 0.717) is 15.6 Å². The molecular weight excluding hydrogens is 396 g/mol. The van der Waals surface area contributed by atoms with Crippen LogP contribution < -0.4 is 0 Å². The van der Waals surface area contributed by atoms with E-state index in [9.17, 15) is 0 Å². The van der Waals surface area contributed by atoms with Gasteiger partial charge in [0.1, 0.15) is 0 Å². The Morgan fingerprint density at radius 2 is 1.81 bits per heavy atom. The molecule has 0 aliphatic heterocycles. The van der Waals surface area contributed by atoms with Crippen LogP contribution in [0.1, 0.15) is 29.4 Å². The molecule has 0 saturated heterocycles. The second-order valence-corrected chi connectivity index (χ2v) is 8.69. The zero-order chi connectivity index (χ0) is 11.1. The fraction of sp³-hybridized carbons (Fsp3) is 0.538. The molecule has 3 aliphatic carbocycles. The van der Waals surface area contributed by atoms with Crippen molar-refractivity contribution in [1.29, 1.82) is 0 Å². The number of hydrogen-bond donors (Lipinski definition) is 0. The van der Waals surface area contributed by atoms with Gasteiger partial charge < -0.3 is 0 Å². The Morgan fingerprint density at radius 1 is 1.12 bits per heavy atom. The van der Waals surface area contributed by atoms with Crippen molar-refractivity contribution >= 4 is 47.8 Å². The van der Waals surface area contributed by atoms with Crippen molar-refractivity contribution in [2.75, 3.05) is 0 Å². The molecular formula is C13H11Br3. The first-order chi connectivity index (χ1) is 7.65. The van der Waals surface area contributed by atoms with Gasteiger partial charge in [0.15, 0.2) is 0 Å². The van der Waals surface area contributed by atoms with E-state index >= 15 is 0 Å². The Hall–Kier alpha value is 0.660. The quantitative estimate of drug-likeness (QED) is 0.554. The molecule has 0 radical (unpaired) electrons. The maximum atomic E-state index is 4.05. The van der Waals surface area contributed by atoms with E-state index in [1.165, 1.54) is 6.42 Å². The van der Waals surface area contributed by atoms with E-state index in [1.54, 1.807) is 11.1 Å². The molecule has 1 aromatic rings. The van der Waals surface area contributed by atoms with Crippen LogP contribution in [0.4, 0.5) is 0 Å². The predicted octanol–water partition coefficient (Wildman–Crippen LogP) is 4.56. The summed E-state index contributed by atoms with van der Waals surface area (Å²) in [4.78, 5) is 1.20. The zero-order valence-corrected chi connectivity index (χ0v) is 13.3. The molecule has 1 aromatic carbocycles. The molecule has 3 heteroatoms. The first kappa shape index (κ1) is 10.6. The summed E-state index contributed by atoms with van der Waals surface area (Å²) in [6, 6.07) is 8.97. The summed E-state index contributed by atoms with van der Waals surface area (Å²) in [6.45, 7) is 0. The summed E-state index contributed by atoms with van der Waals surface area (Å²) in [7, 11) is 0. The van der Waals surface area contributed by atoms with Crippen molar-refractivity contribution in [3.63, 3.8) is 0 Å². The molecule has 3 aliphatic rings. The minimum absolute atomic E-state index is 0.233. The second kappa shape index (κ2) is 3.16. The third-order valence-electron chi connectivity index (χ3n) is 4.74. The van der Waals surface area contributed by atoms with Gasteiger partial charge in [-0.1, -0.05) is 72.1 Å². The standard InChI is InChI=1S/C13H11Br3/c14-9-5-8-10-6-3-1-2-4-7(6)11(10)13(9,16)12(8)15/h1-4,8-12H,5H2/t8-,9+,10-,11-,12-,13-/m0/s1. The van der Waals surface area contributed by atoms with E-state index < -0.39 is 0 Å². The molecule has 2 fully saturated rings. The molecule has 2 saturated carbocycles. The predicted molar refractivity (Wildman–Crippen MR) is 77.1 cm³/mol. The lowest BCUT2D eigenvalue weighted by Crippen LogP contribution is -2.44. The van der Waals surface area contributed by atoms with Crippen LogP contribution in [0.5, 0.6) is 0 Å². The summed E-state index contributed by atoms with van der Waals surface area (Å²) in [5.74, 6) is 2.29. The number of halogens is 3. The highest BCUT2D eigenvalue weighted by Gasteiger charge is 2.70. The highest BCUT2D eigenvalue weighted by Crippen LogP contribution is 2.75. The normalized spacial score (nSPS) is 52.1. The van der Waals surface area contributed by atoms with Gasteiger partial charge in [0.2, 0.25) is 0 Å². The minimum Gasteiger partial charge on any atom is -0.0875 e. The van der Waals surface area contributed by atoms with Gasteiger partial charge in [-0.05, 0) is 29.4 Å². The van der Waals surface area contributed by atoms with E-state index in [-0.39, 0.29) is 4.32 Å². The minimum atomic E-state index is 0.233. The number of rotatable bonds is 0. The summed E-state index contributed by atoms with van der Waals surface area (Å²) < 4.78 is 0.233. The molecule has 4 rings (SSSR count). The molecule has 0 spiro atoms. The highest BCUT2D eigenvalue weighted by atomic mass is 79.9. The zero-order valence-electron chi connectivity index (χ0n) is 8.54. The molecule has 16 heavy (non-hydrogen) atoms. The summed E-state index contributed by atoms with van der Waals surface area (Å²) >= 11 is 11.8. The van der Waals surface area contributed by atoms with Gasteiger partial charge in [-0.3, -0.25) is 0 Å². The number of fused-ring (bicyclic) bond motifs is 8. The van der Waals surface area contributed by atoms with Gasteiger partial charge in [0.05, 0.1) is 4.32 Å². The fourth-order valence-corrected chi connectivity index (χ4v) is 7.66. The smallest absolute Gasteiger partial charge is 0.0584 e. The van der Waals surface area contributed by atoms with Gasteiger partial charge >= 0.3 is 0 Å². The first-order valence-electron chi connectivity index (χ1n) is 5.71. The maximum absolute atomic E-state index is 4.05. The van der Waals surface area contributed by atoms with Crippen LogP contribution in [0.2, 0.25) is 0 Å². The topological polar surface area (TPSA) is 0 Å². The van der Waals surface area contributed by atoms with Crippen molar-refractivity contribution in [2.45, 2.75) is 32.2 Å². The maximum Gasteiger partial charge on any atom is 0.0584 e. The van der Waals surface area contributed by atoms with Crippen molar-refractivity contribution in [1.82, 2.24) is 0 Å². The first-order valence-corrected chi connectivity index (χ1v) is 8.34. The molecule has 0 N–H and O–H groups in total. The molecule has 0 unspecified atom stereocenters. The Morgan fingerprint density at radius 3 is 2.56 bits per heavy atom. The monoisotopic (exact) mass is 404 g/mol. The van der Waals surface area contributed by atoms with E-state index in [1.807, 2.05) is 0 Å². The van der Waals surface area contributed by atoms with E-state index in [4.69, 9.17) is 0 Å². The number of alkyl halides is 3. The largest absolute Gasteiger partial charge is 0.0875 e. The SMILES string of the molecule is Br[C@@H]1C[C@H]2[C@@H]3c4ccccc4[C@@H]3[C@]1(Br)[C@H]2Br. The van der Waals surface area contributed by atoms with Crippen LogP contribution >= 0.6 is 47.8 Å². The third kappa shape index (κ3) is 0.950. The van der Waals surface area contributed by atoms with E-state index in [0.717, 1.165) is 11.8 Å². The van der Waals surface area contributed by atoms with Crippen molar-refractivity contribution in [3.8, 4) is 0 Å². The Kier molecular flexibility index (Phi) is 2.08. The number of hydrogen-bond acceptors (Lipinski definition) is 0. The Labute approximate surface area is 121 Å². The van der Waals surface area contributed by atoms with Crippen LogP contribution in [0.25, 0.3) is 0 Å². The van der Waals surface area contributed by atoms with Crippen LogP contribution in [0.3, 0.4) is 0 Å². The van der Waals surface area contributed by atoms with Crippen LogP contribution in [0, 0.1) is 5.92 Å². The Balaban J connectivity index is 1.91. The molecule has 0 nitrogen and oxygen atoms in total. The fourth-order valence-electron chi connectivity index (χ4n) is 4.10. The van der Waals surface area contributed by atoms with Gasteiger partial charge in [0.25, 0.3) is 0 Å². The van der Waals surface area contributed by atoms with Crippen LogP contribution in [-0.4, -0.2) is 14.0 Å². The molecule has 2 bridgehead atoms. The van der Waals surface area contributed by atoms with Crippen LogP contribution in [0.15, 0.2) is 24.3 Å². The summed E-state index contributed by atoms with van der Waals surface area (Å²) in [5, 5.41) is 0. The summed E-state index contributed by atoms with van der Waals surface area (Å²) in [5.41, 5.74) is 3.17.